The number of hydrogen-bond acceptors (Lipinski definition) is 11. The molecule has 2 amide bonds. The van der Waals surface area contributed by atoms with E-state index in [9.17, 15) is 24.6 Å². The van der Waals surface area contributed by atoms with Crippen LogP contribution in [0.4, 0.5) is 4.79 Å². The number of aliphatic hydroxyl groups excluding tert-OH is 1. The molecule has 6 fully saturated rings. The highest BCUT2D eigenvalue weighted by molar-refractivity contribution is 7.99. The number of hydrogen-bond donors (Lipinski definition) is 7. The number of nitrogens with zero attached hydrogens (tertiary/aromatic N) is 2. The van der Waals surface area contributed by atoms with E-state index in [1.807, 2.05) is 5.12 Å². The first kappa shape index (κ1) is 36.1. The molecule has 6 rings (SSSR count). The van der Waals surface area contributed by atoms with Gasteiger partial charge in [-0.3, -0.25) is 9.69 Å². The third-order valence-corrected chi connectivity index (χ3v) is 13.0. The number of hydrazine groups is 3. The second kappa shape index (κ2) is 15.3. The van der Waals surface area contributed by atoms with Gasteiger partial charge in [0.15, 0.2) is 0 Å². The lowest BCUT2D eigenvalue weighted by Crippen LogP contribution is -2.58. The number of carbonyl (C=O) groups excluding carboxylic acids is 2. The van der Waals surface area contributed by atoms with E-state index < -0.39 is 41.5 Å². The van der Waals surface area contributed by atoms with Crippen LogP contribution in [-0.4, -0.2) is 97.9 Å². The van der Waals surface area contributed by atoms with Gasteiger partial charge in [-0.2, -0.15) is 22.4 Å². The minimum Gasteiger partial charge on any atom is -0.479 e. The summed E-state index contributed by atoms with van der Waals surface area (Å²) in [6.45, 7) is 5.74. The summed E-state index contributed by atoms with van der Waals surface area (Å²) in [5.74, 6) is 3.34. The molecule has 8 atom stereocenters. The molecule has 4 heterocycles. The Bertz CT molecular complexity index is 1150. The van der Waals surface area contributed by atoms with Crippen molar-refractivity contribution in [2.24, 2.45) is 23.7 Å². The number of nitrogens with one attached hydrogen (secondary N) is 5. The van der Waals surface area contributed by atoms with E-state index in [2.05, 4.69) is 38.8 Å². The highest BCUT2D eigenvalue weighted by Crippen LogP contribution is 2.48. The summed E-state index contributed by atoms with van der Waals surface area (Å²) in [5, 5.41) is 29.9. The van der Waals surface area contributed by atoms with Gasteiger partial charge >= 0.3 is 12.1 Å². The quantitative estimate of drug-likeness (QED) is 0.225. The molecule has 6 aliphatic rings. The van der Waals surface area contributed by atoms with Crippen molar-refractivity contribution >= 4 is 29.7 Å². The summed E-state index contributed by atoms with van der Waals surface area (Å²) >= 11 is 2.10. The van der Waals surface area contributed by atoms with Crippen LogP contribution in [0.1, 0.15) is 111 Å². The fourth-order valence-corrected chi connectivity index (χ4v) is 10.3. The van der Waals surface area contributed by atoms with Gasteiger partial charge in [0.05, 0.1) is 24.3 Å². The Kier molecular flexibility index (Phi) is 11.5. The van der Waals surface area contributed by atoms with Crippen molar-refractivity contribution in [1.82, 2.24) is 37.0 Å². The molecule has 0 bridgehead atoms. The SMILES string of the molecule is CC(C)(C)OC(=O)N[C@@H]1CCCCCCC[C@@H]2C[C@]2(C(=O)O)NC(=O)[C@@H]2C[C@H](N3NNC(C4CCC(C5CCSC5)CC4)N3)CN2[C@@H]1O. The van der Waals surface area contributed by atoms with Crippen LogP contribution in [0.25, 0.3) is 0 Å². The number of aliphatic hydroxyl groups is 1. The number of ether oxygens (including phenoxy) is 1. The molecule has 4 aliphatic heterocycles. The Morgan fingerprint density at radius 3 is 2.38 bits per heavy atom. The fourth-order valence-electron chi connectivity index (χ4n) is 8.94. The highest BCUT2D eigenvalue weighted by atomic mass is 32.2. The molecule has 48 heavy (non-hydrogen) atoms. The van der Waals surface area contributed by atoms with Crippen LogP contribution in [0.15, 0.2) is 0 Å². The van der Waals surface area contributed by atoms with Gasteiger partial charge < -0.3 is 25.6 Å². The van der Waals surface area contributed by atoms with Gasteiger partial charge in [-0.25, -0.2) is 20.4 Å². The molecule has 2 unspecified atom stereocenters. The summed E-state index contributed by atoms with van der Waals surface area (Å²) in [6.07, 6.45) is 11.2. The molecular formula is C34H59N7O6S. The van der Waals surface area contributed by atoms with Crippen molar-refractivity contribution in [3.63, 3.8) is 0 Å². The molecular weight excluding hydrogens is 634 g/mol. The van der Waals surface area contributed by atoms with Crippen molar-refractivity contribution in [1.29, 1.82) is 0 Å². The minimum atomic E-state index is -1.26. The Morgan fingerprint density at radius 1 is 0.979 bits per heavy atom. The Hall–Kier alpha value is -1.68. The van der Waals surface area contributed by atoms with Gasteiger partial charge in [-0.05, 0) is 114 Å². The third kappa shape index (κ3) is 8.43. The highest BCUT2D eigenvalue weighted by Gasteiger charge is 2.62. The number of amides is 2. The molecule has 7 N–H and O–H groups in total. The smallest absolute Gasteiger partial charge is 0.408 e. The predicted molar refractivity (Wildman–Crippen MR) is 183 cm³/mol. The first-order valence-corrected chi connectivity index (χ1v) is 19.7. The summed E-state index contributed by atoms with van der Waals surface area (Å²) in [7, 11) is 0. The molecule has 0 radical (unpaired) electrons. The number of rotatable bonds is 5. The van der Waals surface area contributed by atoms with Gasteiger partial charge in [-0.1, -0.05) is 32.1 Å². The molecule has 4 saturated heterocycles. The number of alkyl carbamates (subject to hydrolysis) is 1. The lowest BCUT2D eigenvalue weighted by Gasteiger charge is -2.35. The molecule has 2 aliphatic carbocycles. The van der Waals surface area contributed by atoms with Gasteiger partial charge in [0.1, 0.15) is 17.4 Å². The lowest BCUT2D eigenvalue weighted by molar-refractivity contribution is -0.145. The molecule has 0 aromatic heterocycles. The first-order valence-electron chi connectivity index (χ1n) is 18.6. The Labute approximate surface area is 289 Å². The number of carboxylic acids is 1. The van der Waals surface area contributed by atoms with Crippen molar-refractivity contribution in [2.45, 2.75) is 152 Å². The van der Waals surface area contributed by atoms with Crippen LogP contribution in [0.3, 0.4) is 0 Å². The maximum Gasteiger partial charge on any atom is 0.408 e. The predicted octanol–water partition coefficient (Wildman–Crippen LogP) is 3.06. The van der Waals surface area contributed by atoms with E-state index in [0.29, 0.717) is 31.7 Å². The molecule has 0 spiro atoms. The molecule has 2 saturated carbocycles. The molecule has 0 aromatic rings. The van der Waals surface area contributed by atoms with Crippen LogP contribution in [0.5, 0.6) is 0 Å². The number of thioether (sulfide) groups is 1. The Balaban J connectivity index is 1.16. The summed E-state index contributed by atoms with van der Waals surface area (Å²) in [4.78, 5) is 41.2. The van der Waals surface area contributed by atoms with Gasteiger partial charge in [0.25, 0.3) is 0 Å². The van der Waals surface area contributed by atoms with Crippen LogP contribution < -0.4 is 27.0 Å². The average Bonchev–Trinajstić information content (AvgIpc) is 3.53. The zero-order valence-electron chi connectivity index (χ0n) is 29.0. The minimum absolute atomic E-state index is 0.0600. The number of carbonyl (C=O) groups is 3. The van der Waals surface area contributed by atoms with Crippen LogP contribution in [0, 0.1) is 23.7 Å². The number of fused-ring (bicyclic) bond motifs is 2. The standard InChI is InChI=1S/C34H59N7O6S/c1-33(2,3)47-32(46)35-26-10-8-6-4-5-7-9-24-18-34(24,31(44)45)36-29(42)27-17-25(19-40(27)30(26)43)41-38-28(37-39-41)22-13-11-21(12-14-22)23-15-16-48-20-23/h21-28,30,37-39,43H,4-20H2,1-3H3,(H,35,46)(H,36,42)(H,44,45)/t21?,22?,23?,24-,25+,26-,27+,28?,30-,34+/m1/s1. The molecule has 0 aromatic carbocycles. The van der Waals surface area contributed by atoms with Gasteiger partial charge in [0.2, 0.25) is 5.91 Å². The monoisotopic (exact) mass is 693 g/mol. The van der Waals surface area contributed by atoms with E-state index >= 15 is 0 Å². The number of aliphatic carboxylic acids is 1. The second-order valence-corrected chi connectivity index (χ2v) is 17.5. The van der Waals surface area contributed by atoms with Crippen molar-refractivity contribution in [2.75, 3.05) is 18.1 Å². The van der Waals surface area contributed by atoms with Crippen molar-refractivity contribution in [3.8, 4) is 0 Å². The summed E-state index contributed by atoms with van der Waals surface area (Å²) in [5.41, 5.74) is 8.41. The normalized spacial score (nSPS) is 40.6. The van der Waals surface area contributed by atoms with E-state index in [1.165, 1.54) is 43.6 Å². The summed E-state index contributed by atoms with van der Waals surface area (Å²) in [6, 6.07) is -1.64. The van der Waals surface area contributed by atoms with Crippen LogP contribution in [0.2, 0.25) is 0 Å². The molecule has 14 heteroatoms. The van der Waals surface area contributed by atoms with E-state index in [0.717, 1.165) is 50.4 Å². The first-order chi connectivity index (χ1) is 22.9. The zero-order chi connectivity index (χ0) is 34.1. The number of carboxylic acid groups (broad SMARTS) is 1. The van der Waals surface area contributed by atoms with Gasteiger partial charge in [-0.15, -0.1) is 0 Å². The van der Waals surface area contributed by atoms with Gasteiger partial charge in [0, 0.05) is 6.54 Å². The van der Waals surface area contributed by atoms with Crippen LogP contribution in [-0.2, 0) is 14.3 Å². The van der Waals surface area contributed by atoms with Crippen molar-refractivity contribution in [3.05, 3.63) is 0 Å². The third-order valence-electron chi connectivity index (χ3n) is 11.8. The second-order valence-electron chi connectivity index (χ2n) is 16.3. The maximum absolute atomic E-state index is 14.0. The lowest BCUT2D eigenvalue weighted by atomic mass is 9.75. The van der Waals surface area contributed by atoms with Crippen LogP contribution >= 0.6 is 11.8 Å². The largest absolute Gasteiger partial charge is 0.479 e. The molecule has 272 valence electrons. The molecule has 13 nitrogen and oxygen atoms in total. The van der Waals surface area contributed by atoms with Crippen molar-refractivity contribution < 1.29 is 29.3 Å². The maximum atomic E-state index is 14.0. The Morgan fingerprint density at radius 2 is 1.69 bits per heavy atom. The fraction of sp³-hybridized carbons (Fsp3) is 0.912. The zero-order valence-corrected chi connectivity index (χ0v) is 29.9. The average molecular weight is 694 g/mol. The van der Waals surface area contributed by atoms with E-state index in [4.69, 9.17) is 4.74 Å². The summed E-state index contributed by atoms with van der Waals surface area (Å²) < 4.78 is 5.55. The van der Waals surface area contributed by atoms with E-state index in [1.54, 1.807) is 25.7 Å². The van der Waals surface area contributed by atoms with E-state index in [-0.39, 0.29) is 24.0 Å². The topological polar surface area (TPSA) is 168 Å².